The van der Waals surface area contributed by atoms with Gasteiger partial charge in [0.2, 0.25) is 0 Å². The summed E-state index contributed by atoms with van der Waals surface area (Å²) in [6, 6.07) is 67.3. The van der Waals surface area contributed by atoms with E-state index in [1.807, 2.05) is 0 Å². The normalized spacial score (nSPS) is 13.1. The van der Waals surface area contributed by atoms with Gasteiger partial charge in [0.15, 0.2) is 0 Å². The first-order chi connectivity index (χ1) is 27.9. The molecule has 1 aliphatic heterocycles. The Morgan fingerprint density at radius 1 is 0.474 bits per heavy atom. The summed E-state index contributed by atoms with van der Waals surface area (Å²) in [5.41, 5.74) is 20.3. The fourth-order valence-electron chi connectivity index (χ4n) is 9.30. The molecule has 0 radical (unpaired) electrons. The van der Waals surface area contributed by atoms with E-state index >= 15 is 0 Å². The Labute approximate surface area is 336 Å². The van der Waals surface area contributed by atoms with Gasteiger partial charge in [0, 0.05) is 33.2 Å². The van der Waals surface area contributed by atoms with E-state index in [9.17, 15) is 0 Å². The second kappa shape index (κ2) is 13.8. The van der Waals surface area contributed by atoms with Crippen LogP contribution < -0.4 is 4.90 Å². The maximum atomic E-state index is 2.49. The summed E-state index contributed by atoms with van der Waals surface area (Å²) in [6.45, 7) is 8.97. The molecule has 9 aromatic rings. The Morgan fingerprint density at radius 2 is 1.05 bits per heavy atom. The number of aromatic nitrogens is 1. The van der Waals surface area contributed by atoms with Crippen molar-refractivity contribution in [2.45, 2.75) is 46.0 Å². The second-order valence-electron chi connectivity index (χ2n) is 16.1. The molecule has 2 aliphatic rings. The SMILES string of the molecule is CC1(C)c2ccccc2-n2c3ccc(-c4ccc(N(c5ccc(-c6ccccc6)cc5)c5ccc6c(c5)Cc5ccccc5-6)cc4)cc3c3cccc1c32.CCC. The summed E-state index contributed by atoms with van der Waals surface area (Å²) in [4.78, 5) is 2.40. The van der Waals surface area contributed by atoms with Crippen molar-refractivity contribution >= 4 is 38.9 Å². The molecule has 57 heavy (non-hydrogen) atoms. The predicted molar refractivity (Wildman–Crippen MR) is 243 cm³/mol. The molecule has 1 aromatic heterocycles. The molecular formula is C55H46N2. The summed E-state index contributed by atoms with van der Waals surface area (Å²) in [6.07, 6.45) is 2.21. The fraction of sp³-hybridized carbons (Fsp3) is 0.127. The van der Waals surface area contributed by atoms with Crippen LogP contribution in [0.2, 0.25) is 0 Å². The molecule has 11 rings (SSSR count). The van der Waals surface area contributed by atoms with E-state index in [2.05, 4.69) is 219 Å². The van der Waals surface area contributed by atoms with E-state index in [-0.39, 0.29) is 5.41 Å². The molecule has 2 heterocycles. The highest BCUT2D eigenvalue weighted by molar-refractivity contribution is 6.12. The lowest BCUT2D eigenvalue weighted by Crippen LogP contribution is -2.26. The summed E-state index contributed by atoms with van der Waals surface area (Å²) >= 11 is 0. The Bertz CT molecular complexity index is 2930. The number of fused-ring (bicyclic) bond motifs is 8. The van der Waals surface area contributed by atoms with Crippen LogP contribution in [0.3, 0.4) is 0 Å². The largest absolute Gasteiger partial charge is 0.310 e. The van der Waals surface area contributed by atoms with Crippen LogP contribution in [0.4, 0.5) is 17.1 Å². The highest BCUT2D eigenvalue weighted by Gasteiger charge is 2.34. The van der Waals surface area contributed by atoms with E-state index in [4.69, 9.17) is 0 Å². The maximum Gasteiger partial charge on any atom is 0.0582 e. The first-order valence-electron chi connectivity index (χ1n) is 20.4. The van der Waals surface area contributed by atoms with Gasteiger partial charge in [-0.1, -0.05) is 162 Å². The van der Waals surface area contributed by atoms with Gasteiger partial charge in [-0.3, -0.25) is 0 Å². The van der Waals surface area contributed by atoms with Crippen LogP contribution in [0.15, 0.2) is 182 Å². The van der Waals surface area contributed by atoms with Gasteiger partial charge in [-0.2, -0.15) is 0 Å². The molecule has 0 saturated carbocycles. The predicted octanol–water partition coefficient (Wildman–Crippen LogP) is 15.2. The van der Waals surface area contributed by atoms with Crippen molar-refractivity contribution in [3.05, 3.63) is 204 Å². The quantitative estimate of drug-likeness (QED) is 0.171. The minimum Gasteiger partial charge on any atom is -0.310 e. The number of para-hydroxylation sites is 2. The molecule has 0 N–H and O–H groups in total. The Balaban J connectivity index is 0.00000128. The smallest absolute Gasteiger partial charge is 0.0582 e. The molecule has 2 heteroatoms. The first kappa shape index (κ1) is 34.8. The van der Waals surface area contributed by atoms with Gasteiger partial charge in [0.25, 0.3) is 0 Å². The van der Waals surface area contributed by atoms with Crippen LogP contribution in [-0.4, -0.2) is 4.57 Å². The summed E-state index contributed by atoms with van der Waals surface area (Å²) in [5.74, 6) is 0. The maximum absolute atomic E-state index is 2.49. The van der Waals surface area contributed by atoms with Crippen LogP contribution in [-0.2, 0) is 11.8 Å². The van der Waals surface area contributed by atoms with E-state index in [0.29, 0.717) is 0 Å². The van der Waals surface area contributed by atoms with Crippen LogP contribution in [0.25, 0.3) is 60.9 Å². The van der Waals surface area contributed by atoms with Crippen molar-refractivity contribution in [1.29, 1.82) is 0 Å². The standard InChI is InChI=1S/C52H38N2.C3H8/c1-52(2)47-16-8-9-18-50(47)54-49-30-23-37(33-46(49)45-15-10-17-48(52)51(45)54)36-21-26-41(27-22-36)53(40-24-19-35(20-25-40)34-11-4-3-5-12-34)42-28-29-44-39(32-42)31-38-13-6-7-14-43(38)44;1-3-2/h3-30,32-33H,31H2,1-2H3;3H2,1-2H3. The highest BCUT2D eigenvalue weighted by atomic mass is 15.1. The molecule has 0 saturated heterocycles. The molecular weight excluding hydrogens is 689 g/mol. The monoisotopic (exact) mass is 734 g/mol. The molecule has 0 spiro atoms. The lowest BCUT2D eigenvalue weighted by atomic mass is 9.75. The molecule has 0 atom stereocenters. The third kappa shape index (κ3) is 5.70. The van der Waals surface area contributed by atoms with Crippen molar-refractivity contribution in [2.24, 2.45) is 0 Å². The molecule has 8 aromatic carbocycles. The molecule has 2 nitrogen and oxygen atoms in total. The molecule has 1 aliphatic carbocycles. The minimum atomic E-state index is -0.0737. The van der Waals surface area contributed by atoms with Crippen molar-refractivity contribution in [3.8, 4) is 39.1 Å². The van der Waals surface area contributed by atoms with E-state index in [1.54, 1.807) is 0 Å². The van der Waals surface area contributed by atoms with Gasteiger partial charge in [0.1, 0.15) is 0 Å². The zero-order valence-electron chi connectivity index (χ0n) is 33.1. The Kier molecular flexibility index (Phi) is 8.45. The van der Waals surface area contributed by atoms with Gasteiger partial charge < -0.3 is 9.47 Å². The number of benzene rings is 8. The first-order valence-corrected chi connectivity index (χ1v) is 20.4. The van der Waals surface area contributed by atoms with Crippen molar-refractivity contribution in [2.75, 3.05) is 4.90 Å². The average Bonchev–Trinajstić information content (AvgIpc) is 3.80. The number of rotatable bonds is 5. The van der Waals surface area contributed by atoms with Crippen LogP contribution >= 0.6 is 0 Å². The molecule has 276 valence electrons. The van der Waals surface area contributed by atoms with Crippen LogP contribution in [0.5, 0.6) is 0 Å². The van der Waals surface area contributed by atoms with Gasteiger partial charge in [-0.15, -0.1) is 0 Å². The molecule has 0 unspecified atom stereocenters. The zero-order chi connectivity index (χ0) is 38.7. The topological polar surface area (TPSA) is 8.17 Å². The molecule has 0 fully saturated rings. The van der Waals surface area contributed by atoms with E-state index < -0.39 is 0 Å². The fourth-order valence-corrected chi connectivity index (χ4v) is 9.30. The van der Waals surface area contributed by atoms with Crippen LogP contribution in [0.1, 0.15) is 56.4 Å². The van der Waals surface area contributed by atoms with Gasteiger partial charge >= 0.3 is 0 Å². The third-order valence-corrected chi connectivity index (χ3v) is 12.0. The van der Waals surface area contributed by atoms with Crippen molar-refractivity contribution in [1.82, 2.24) is 4.57 Å². The number of anilines is 3. The number of hydrogen-bond donors (Lipinski definition) is 0. The zero-order valence-corrected chi connectivity index (χ0v) is 33.1. The van der Waals surface area contributed by atoms with E-state index in [1.165, 1.54) is 95.2 Å². The minimum absolute atomic E-state index is 0.0737. The average molecular weight is 735 g/mol. The van der Waals surface area contributed by atoms with Gasteiger partial charge in [-0.25, -0.2) is 0 Å². The van der Waals surface area contributed by atoms with Crippen molar-refractivity contribution < 1.29 is 0 Å². The Morgan fingerprint density at radius 3 is 1.81 bits per heavy atom. The summed E-state index contributed by atoms with van der Waals surface area (Å²) in [7, 11) is 0. The van der Waals surface area contributed by atoms with Crippen molar-refractivity contribution in [3.63, 3.8) is 0 Å². The third-order valence-electron chi connectivity index (χ3n) is 12.0. The van der Waals surface area contributed by atoms with E-state index in [0.717, 1.165) is 17.8 Å². The number of hydrogen-bond acceptors (Lipinski definition) is 1. The summed E-state index contributed by atoms with van der Waals surface area (Å²) < 4.78 is 2.49. The lowest BCUT2D eigenvalue weighted by Gasteiger charge is -2.34. The molecule has 0 amide bonds. The van der Waals surface area contributed by atoms with Gasteiger partial charge in [0.05, 0.1) is 16.7 Å². The van der Waals surface area contributed by atoms with Crippen LogP contribution in [0, 0.1) is 0 Å². The second-order valence-corrected chi connectivity index (χ2v) is 16.1. The summed E-state index contributed by atoms with van der Waals surface area (Å²) in [5, 5.41) is 2.60. The van der Waals surface area contributed by atoms with Gasteiger partial charge in [-0.05, 0) is 117 Å². The highest BCUT2D eigenvalue weighted by Crippen LogP contribution is 2.48. The molecule has 0 bridgehead atoms. The number of nitrogens with zero attached hydrogens (tertiary/aromatic N) is 2. The lowest BCUT2D eigenvalue weighted by molar-refractivity contribution is 0.630. The Hall–Kier alpha value is -6.64.